The number of ether oxygens (including phenoxy) is 2. The third-order valence-corrected chi connectivity index (χ3v) is 5.11. The molecule has 0 spiro atoms. The number of aryl methyl sites for hydroxylation is 1. The van der Waals surface area contributed by atoms with E-state index >= 15 is 0 Å². The third-order valence-electron chi connectivity index (χ3n) is 3.26. The first-order chi connectivity index (χ1) is 9.44. The second-order valence-corrected chi connectivity index (χ2v) is 6.88. The average molecular weight is 320 g/mol. The van der Waals surface area contributed by atoms with Crippen molar-refractivity contribution in [2.45, 2.75) is 30.8 Å². The van der Waals surface area contributed by atoms with Gasteiger partial charge in [0.05, 0.1) is 13.2 Å². The maximum Gasteiger partial charge on any atom is 0.244 e. The summed E-state index contributed by atoms with van der Waals surface area (Å²) >= 11 is 6.00. The molecule has 0 saturated carbocycles. The highest BCUT2D eigenvalue weighted by atomic mass is 35.5. The highest BCUT2D eigenvalue weighted by Gasteiger charge is 2.23. The summed E-state index contributed by atoms with van der Waals surface area (Å²) < 4.78 is 37.7. The Morgan fingerprint density at radius 2 is 2.25 bits per heavy atom. The normalized spacial score (nSPS) is 19.2. The molecule has 1 N–H and O–H groups in total. The summed E-state index contributed by atoms with van der Waals surface area (Å²) in [5.41, 5.74) is 0.765. The maximum atomic E-state index is 12.3. The van der Waals surface area contributed by atoms with Gasteiger partial charge in [-0.25, -0.2) is 13.1 Å². The van der Waals surface area contributed by atoms with Gasteiger partial charge in [0.1, 0.15) is 10.6 Å². The fraction of sp³-hybridized carbons (Fsp3) is 0.538. The first kappa shape index (κ1) is 15.6. The second kappa shape index (κ2) is 6.30. The molecule has 1 aliphatic rings. The molecule has 0 amide bonds. The highest BCUT2D eigenvalue weighted by molar-refractivity contribution is 7.89. The molecular formula is C13H18ClNO4S. The van der Waals surface area contributed by atoms with Crippen molar-refractivity contribution in [3.05, 3.63) is 22.7 Å². The van der Waals surface area contributed by atoms with Crippen LogP contribution in [0.2, 0.25) is 5.02 Å². The van der Waals surface area contributed by atoms with Gasteiger partial charge in [-0.2, -0.15) is 0 Å². The minimum absolute atomic E-state index is 0.0496. The zero-order chi connectivity index (χ0) is 14.8. The van der Waals surface area contributed by atoms with Gasteiger partial charge < -0.3 is 9.47 Å². The lowest BCUT2D eigenvalue weighted by Crippen LogP contribution is -2.32. The number of rotatable bonds is 5. The Morgan fingerprint density at radius 1 is 1.50 bits per heavy atom. The van der Waals surface area contributed by atoms with Crippen LogP contribution in [0.5, 0.6) is 5.75 Å². The molecule has 0 bridgehead atoms. The lowest BCUT2D eigenvalue weighted by Gasteiger charge is -2.14. The van der Waals surface area contributed by atoms with Gasteiger partial charge in [-0.3, -0.25) is 0 Å². The van der Waals surface area contributed by atoms with Crippen LogP contribution in [0.15, 0.2) is 17.0 Å². The molecule has 0 aliphatic carbocycles. The first-order valence-electron chi connectivity index (χ1n) is 6.39. The van der Waals surface area contributed by atoms with E-state index in [0.717, 1.165) is 18.4 Å². The lowest BCUT2D eigenvalue weighted by molar-refractivity contribution is 0.114. The Balaban J connectivity index is 2.21. The average Bonchev–Trinajstić information content (AvgIpc) is 2.92. The Hall–Kier alpha value is -0.820. The summed E-state index contributed by atoms with van der Waals surface area (Å²) in [6.45, 7) is 2.74. The summed E-state index contributed by atoms with van der Waals surface area (Å²) in [5, 5.41) is 0.392. The van der Waals surface area contributed by atoms with Crippen molar-refractivity contribution in [3.63, 3.8) is 0 Å². The summed E-state index contributed by atoms with van der Waals surface area (Å²) in [6.07, 6.45) is 1.78. The van der Waals surface area contributed by atoms with Gasteiger partial charge in [0.15, 0.2) is 0 Å². The zero-order valence-electron chi connectivity index (χ0n) is 11.5. The largest absolute Gasteiger partial charge is 0.495 e. The van der Waals surface area contributed by atoms with Crippen LogP contribution >= 0.6 is 11.6 Å². The van der Waals surface area contributed by atoms with Gasteiger partial charge in [0.2, 0.25) is 10.0 Å². The third kappa shape index (κ3) is 3.44. The molecule has 2 rings (SSSR count). The molecule has 20 heavy (non-hydrogen) atoms. The maximum absolute atomic E-state index is 12.3. The molecule has 0 radical (unpaired) electrons. The van der Waals surface area contributed by atoms with Gasteiger partial charge in [-0.1, -0.05) is 11.6 Å². The van der Waals surface area contributed by atoms with Gasteiger partial charge in [0.25, 0.3) is 0 Å². The first-order valence-corrected chi connectivity index (χ1v) is 8.25. The molecule has 1 aliphatic heterocycles. The molecule has 5 nitrogen and oxygen atoms in total. The summed E-state index contributed by atoms with van der Waals surface area (Å²) in [5.74, 6) is 0.284. The van der Waals surface area contributed by atoms with Crippen LogP contribution in [0.4, 0.5) is 0 Å². The molecule has 7 heteroatoms. The number of halogens is 1. The Labute approximate surface area is 124 Å². The Kier molecular flexibility index (Phi) is 4.90. The molecular weight excluding hydrogens is 302 g/mol. The van der Waals surface area contributed by atoms with Crippen LogP contribution < -0.4 is 9.46 Å². The van der Waals surface area contributed by atoms with E-state index in [4.69, 9.17) is 21.1 Å². The van der Waals surface area contributed by atoms with Crippen molar-refractivity contribution in [1.29, 1.82) is 0 Å². The summed E-state index contributed by atoms with van der Waals surface area (Å²) in [7, 11) is -2.24. The van der Waals surface area contributed by atoms with Crippen LogP contribution in [0.25, 0.3) is 0 Å². The smallest absolute Gasteiger partial charge is 0.244 e. The standard InChI is InChI=1S/C13H18ClNO4S/c1-9-6-12(18-2)13(7-11(9)14)20(16,17)15-8-10-4-3-5-19-10/h6-7,10,15H,3-5,8H2,1-2H3/t10-/m1/s1. The Bertz CT molecular complexity index is 582. The molecule has 1 aromatic carbocycles. The molecule has 1 atom stereocenters. The SMILES string of the molecule is COc1cc(C)c(Cl)cc1S(=O)(=O)NC[C@H]1CCCO1. The van der Waals surface area contributed by atoms with Crippen molar-refractivity contribution < 1.29 is 17.9 Å². The second-order valence-electron chi connectivity index (χ2n) is 4.74. The van der Waals surface area contributed by atoms with E-state index in [9.17, 15) is 8.42 Å². The van der Waals surface area contributed by atoms with Crippen LogP contribution in [0.1, 0.15) is 18.4 Å². The van der Waals surface area contributed by atoms with E-state index in [-0.39, 0.29) is 23.3 Å². The monoisotopic (exact) mass is 319 g/mol. The van der Waals surface area contributed by atoms with Gasteiger partial charge in [-0.05, 0) is 37.5 Å². The summed E-state index contributed by atoms with van der Waals surface area (Å²) in [4.78, 5) is 0.0496. The Morgan fingerprint density at radius 3 is 2.85 bits per heavy atom. The molecule has 0 aromatic heterocycles. The van der Waals surface area contributed by atoms with Crippen LogP contribution in [-0.4, -0.2) is 34.8 Å². The molecule has 1 fully saturated rings. The van der Waals surface area contributed by atoms with Crippen LogP contribution in [0, 0.1) is 6.92 Å². The number of nitrogens with one attached hydrogen (secondary N) is 1. The van der Waals surface area contributed by atoms with Crippen molar-refractivity contribution in [2.24, 2.45) is 0 Å². The summed E-state index contributed by atoms with van der Waals surface area (Å²) in [6, 6.07) is 3.02. The van der Waals surface area contributed by atoms with E-state index in [1.165, 1.54) is 13.2 Å². The van der Waals surface area contributed by atoms with E-state index in [0.29, 0.717) is 11.6 Å². The fourth-order valence-corrected chi connectivity index (χ4v) is 3.56. The molecule has 1 aromatic rings. The van der Waals surface area contributed by atoms with E-state index < -0.39 is 10.0 Å². The molecule has 1 heterocycles. The number of hydrogen-bond donors (Lipinski definition) is 1. The highest BCUT2D eigenvalue weighted by Crippen LogP contribution is 2.30. The minimum atomic E-state index is -3.67. The van der Waals surface area contributed by atoms with Crippen molar-refractivity contribution in [3.8, 4) is 5.75 Å². The zero-order valence-corrected chi connectivity index (χ0v) is 13.1. The van der Waals surface area contributed by atoms with Gasteiger partial charge in [-0.15, -0.1) is 0 Å². The number of benzene rings is 1. The van der Waals surface area contributed by atoms with E-state index in [2.05, 4.69) is 4.72 Å². The topological polar surface area (TPSA) is 64.6 Å². The number of hydrogen-bond acceptors (Lipinski definition) is 4. The van der Waals surface area contributed by atoms with Crippen LogP contribution in [-0.2, 0) is 14.8 Å². The van der Waals surface area contributed by atoms with Gasteiger partial charge >= 0.3 is 0 Å². The van der Waals surface area contributed by atoms with Crippen LogP contribution in [0.3, 0.4) is 0 Å². The lowest BCUT2D eigenvalue weighted by atomic mass is 10.2. The van der Waals surface area contributed by atoms with E-state index in [1.54, 1.807) is 13.0 Å². The number of sulfonamides is 1. The van der Waals surface area contributed by atoms with Crippen molar-refractivity contribution >= 4 is 21.6 Å². The molecule has 0 unspecified atom stereocenters. The minimum Gasteiger partial charge on any atom is -0.495 e. The molecule has 112 valence electrons. The van der Waals surface area contributed by atoms with Crippen molar-refractivity contribution in [2.75, 3.05) is 20.3 Å². The van der Waals surface area contributed by atoms with Crippen molar-refractivity contribution in [1.82, 2.24) is 4.72 Å². The van der Waals surface area contributed by atoms with E-state index in [1.807, 2.05) is 0 Å². The number of methoxy groups -OCH3 is 1. The quantitative estimate of drug-likeness (QED) is 0.903. The van der Waals surface area contributed by atoms with Gasteiger partial charge in [0, 0.05) is 18.2 Å². The molecule has 1 saturated heterocycles. The fourth-order valence-electron chi connectivity index (χ4n) is 2.09. The predicted molar refractivity (Wildman–Crippen MR) is 76.9 cm³/mol. The predicted octanol–water partition coefficient (Wildman–Crippen LogP) is 2.11.